The third kappa shape index (κ3) is 4.71. The van der Waals surface area contributed by atoms with Crippen molar-refractivity contribution in [2.75, 3.05) is 27.2 Å². The molecular weight excluding hydrogens is 243 g/mol. The highest BCUT2D eigenvalue weighted by molar-refractivity contribution is 5.94. The second kappa shape index (κ2) is 7.25. The number of nitrogens with zero attached hydrogens (tertiary/aromatic N) is 1. The minimum absolute atomic E-state index is 0. The molecule has 0 heterocycles. The lowest BCUT2D eigenvalue weighted by atomic mass is 10.1. The number of hydrogen-bond acceptors (Lipinski definition) is 2. The number of halogens is 2. The minimum Gasteiger partial charge on any atom is -0.340 e. The summed E-state index contributed by atoms with van der Waals surface area (Å²) in [5.41, 5.74) is 1.15. The maximum atomic E-state index is 13.1. The Kier molecular flexibility index (Phi) is 6.76. The molecule has 1 N–H and O–H groups in total. The Balaban J connectivity index is 0.00000256. The molecule has 0 fully saturated rings. The quantitative estimate of drug-likeness (QED) is 0.896. The van der Waals surface area contributed by atoms with Crippen LogP contribution < -0.4 is 5.32 Å². The van der Waals surface area contributed by atoms with Gasteiger partial charge in [0, 0.05) is 25.7 Å². The minimum atomic E-state index is -0.370. The summed E-state index contributed by atoms with van der Waals surface area (Å²) in [4.78, 5) is 13.5. The Morgan fingerprint density at radius 2 is 2.06 bits per heavy atom. The van der Waals surface area contributed by atoms with Gasteiger partial charge in [-0.1, -0.05) is 0 Å². The number of carbonyl (C=O) groups is 1. The average molecular weight is 261 g/mol. The third-order valence-electron chi connectivity index (χ3n) is 2.33. The monoisotopic (exact) mass is 260 g/mol. The highest BCUT2D eigenvalue weighted by Gasteiger charge is 2.12. The van der Waals surface area contributed by atoms with E-state index >= 15 is 0 Å². The van der Waals surface area contributed by atoms with Gasteiger partial charge in [0.1, 0.15) is 5.82 Å². The molecule has 0 saturated heterocycles. The summed E-state index contributed by atoms with van der Waals surface area (Å²) >= 11 is 0. The molecule has 3 nitrogen and oxygen atoms in total. The lowest BCUT2D eigenvalue weighted by Crippen LogP contribution is -2.32. The maximum absolute atomic E-state index is 13.1. The standard InChI is InChI=1S/C12H17FN2O.ClH/c1-9-6-10(8-11(13)7-9)12(16)15(3)5-4-14-2;/h6-8,14H,4-5H2,1-3H3;1H. The summed E-state index contributed by atoms with van der Waals surface area (Å²) in [6.07, 6.45) is 0. The summed E-state index contributed by atoms with van der Waals surface area (Å²) in [6, 6.07) is 4.37. The van der Waals surface area contributed by atoms with E-state index in [4.69, 9.17) is 0 Å². The summed E-state index contributed by atoms with van der Waals surface area (Å²) in [6.45, 7) is 3.09. The molecule has 0 aromatic heterocycles. The Morgan fingerprint density at radius 1 is 1.41 bits per heavy atom. The highest BCUT2D eigenvalue weighted by atomic mass is 35.5. The van der Waals surface area contributed by atoms with E-state index in [1.807, 2.05) is 7.05 Å². The van der Waals surface area contributed by atoms with Crippen LogP contribution in [-0.2, 0) is 0 Å². The van der Waals surface area contributed by atoms with Crippen molar-refractivity contribution in [1.82, 2.24) is 10.2 Å². The van der Waals surface area contributed by atoms with Gasteiger partial charge in [-0.05, 0) is 37.7 Å². The smallest absolute Gasteiger partial charge is 0.253 e. The molecule has 0 aliphatic heterocycles. The number of carbonyl (C=O) groups excluding carboxylic acids is 1. The van der Waals surface area contributed by atoms with Gasteiger partial charge in [-0.25, -0.2) is 4.39 Å². The van der Waals surface area contributed by atoms with E-state index in [0.717, 1.165) is 12.1 Å². The van der Waals surface area contributed by atoms with Gasteiger partial charge in [0.25, 0.3) is 5.91 Å². The van der Waals surface area contributed by atoms with E-state index in [0.29, 0.717) is 12.1 Å². The first-order valence-corrected chi connectivity index (χ1v) is 5.22. The van der Waals surface area contributed by atoms with Crippen LogP contribution in [0.4, 0.5) is 4.39 Å². The molecule has 96 valence electrons. The molecule has 0 spiro atoms. The van der Waals surface area contributed by atoms with Gasteiger partial charge in [0.2, 0.25) is 0 Å². The Morgan fingerprint density at radius 3 is 2.59 bits per heavy atom. The predicted molar refractivity (Wildman–Crippen MR) is 69.3 cm³/mol. The number of likely N-dealkylation sites (N-methyl/N-ethyl adjacent to an activating group) is 2. The summed E-state index contributed by atoms with van der Waals surface area (Å²) < 4.78 is 13.1. The van der Waals surface area contributed by atoms with Crippen molar-refractivity contribution in [1.29, 1.82) is 0 Å². The van der Waals surface area contributed by atoms with E-state index in [9.17, 15) is 9.18 Å². The number of hydrogen-bond donors (Lipinski definition) is 1. The lowest BCUT2D eigenvalue weighted by Gasteiger charge is -2.17. The topological polar surface area (TPSA) is 32.3 Å². The summed E-state index contributed by atoms with van der Waals surface area (Å²) in [7, 11) is 3.53. The van der Waals surface area contributed by atoms with Gasteiger partial charge in [-0.3, -0.25) is 4.79 Å². The van der Waals surface area contributed by atoms with Crippen molar-refractivity contribution in [3.05, 3.63) is 35.1 Å². The summed E-state index contributed by atoms with van der Waals surface area (Å²) in [5, 5.41) is 2.96. The van der Waals surface area contributed by atoms with Crippen LogP contribution in [0.1, 0.15) is 15.9 Å². The van der Waals surface area contributed by atoms with Gasteiger partial charge in [-0.15, -0.1) is 12.4 Å². The second-order valence-corrected chi connectivity index (χ2v) is 3.85. The number of rotatable bonds is 4. The molecule has 0 atom stereocenters. The first-order valence-electron chi connectivity index (χ1n) is 5.22. The molecular formula is C12H18ClFN2O. The maximum Gasteiger partial charge on any atom is 0.253 e. The van der Waals surface area contributed by atoms with Crippen LogP contribution >= 0.6 is 12.4 Å². The third-order valence-corrected chi connectivity index (χ3v) is 2.33. The molecule has 0 aliphatic rings. The number of nitrogens with one attached hydrogen (secondary N) is 1. The van der Waals surface area contributed by atoms with Gasteiger partial charge in [0.15, 0.2) is 0 Å². The first kappa shape index (κ1) is 15.9. The van der Waals surface area contributed by atoms with Crippen molar-refractivity contribution in [2.45, 2.75) is 6.92 Å². The van der Waals surface area contributed by atoms with E-state index in [-0.39, 0.29) is 24.1 Å². The Hall–Kier alpha value is -1.13. The first-order chi connectivity index (χ1) is 7.54. The Bertz CT molecular complexity index is 365. The van der Waals surface area contributed by atoms with Gasteiger partial charge >= 0.3 is 0 Å². The lowest BCUT2D eigenvalue weighted by molar-refractivity contribution is 0.0796. The Labute approximate surface area is 107 Å². The molecule has 1 aromatic carbocycles. The van der Waals surface area contributed by atoms with Crippen molar-refractivity contribution < 1.29 is 9.18 Å². The molecule has 1 aromatic rings. The van der Waals surface area contributed by atoms with Crippen molar-refractivity contribution in [3.63, 3.8) is 0 Å². The molecule has 17 heavy (non-hydrogen) atoms. The largest absolute Gasteiger partial charge is 0.340 e. The molecule has 0 bridgehead atoms. The predicted octanol–water partition coefficient (Wildman–Crippen LogP) is 1.85. The van der Waals surface area contributed by atoms with E-state index < -0.39 is 0 Å². The van der Waals surface area contributed by atoms with Crippen molar-refractivity contribution in [3.8, 4) is 0 Å². The fourth-order valence-electron chi connectivity index (χ4n) is 1.46. The van der Waals surface area contributed by atoms with Crippen molar-refractivity contribution in [2.24, 2.45) is 0 Å². The zero-order chi connectivity index (χ0) is 12.1. The molecule has 1 rings (SSSR count). The highest BCUT2D eigenvalue weighted by Crippen LogP contribution is 2.10. The van der Waals surface area contributed by atoms with Gasteiger partial charge < -0.3 is 10.2 Å². The van der Waals surface area contributed by atoms with E-state index in [2.05, 4.69) is 5.32 Å². The summed E-state index contributed by atoms with van der Waals surface area (Å²) in [5.74, 6) is -0.525. The normalized spacial score (nSPS) is 9.65. The SMILES string of the molecule is CNCCN(C)C(=O)c1cc(C)cc(F)c1.Cl. The molecule has 0 unspecified atom stereocenters. The zero-order valence-electron chi connectivity index (χ0n) is 10.3. The fourth-order valence-corrected chi connectivity index (χ4v) is 1.46. The number of benzene rings is 1. The zero-order valence-corrected chi connectivity index (χ0v) is 11.1. The van der Waals surface area contributed by atoms with Crippen LogP contribution in [0.15, 0.2) is 18.2 Å². The van der Waals surface area contributed by atoms with Crippen LogP contribution in [0.25, 0.3) is 0 Å². The van der Waals surface area contributed by atoms with Crippen molar-refractivity contribution >= 4 is 18.3 Å². The number of aryl methyl sites for hydroxylation is 1. The van der Waals surface area contributed by atoms with Crippen LogP contribution in [0.2, 0.25) is 0 Å². The fraction of sp³-hybridized carbons (Fsp3) is 0.417. The van der Waals surface area contributed by atoms with E-state index in [1.165, 1.54) is 12.1 Å². The molecule has 1 amide bonds. The van der Waals surface area contributed by atoms with Crippen LogP contribution in [-0.4, -0.2) is 38.0 Å². The molecule has 5 heteroatoms. The van der Waals surface area contributed by atoms with E-state index in [1.54, 1.807) is 24.9 Å². The molecule has 0 saturated carbocycles. The molecule has 0 radical (unpaired) electrons. The van der Waals surface area contributed by atoms with Crippen LogP contribution in [0.3, 0.4) is 0 Å². The van der Waals surface area contributed by atoms with Gasteiger partial charge in [-0.2, -0.15) is 0 Å². The average Bonchev–Trinajstić information content (AvgIpc) is 2.23. The number of amides is 1. The van der Waals surface area contributed by atoms with Crippen LogP contribution in [0, 0.1) is 12.7 Å². The second-order valence-electron chi connectivity index (χ2n) is 3.85. The van der Waals surface area contributed by atoms with Gasteiger partial charge in [0.05, 0.1) is 0 Å². The van der Waals surface area contributed by atoms with Crippen LogP contribution in [0.5, 0.6) is 0 Å². The molecule has 0 aliphatic carbocycles.